The molecule has 198 valence electrons. The molecule has 0 spiro atoms. The first-order valence-electron chi connectivity index (χ1n) is 9.46. The number of hydrogen-bond acceptors (Lipinski definition) is 6. The van der Waals surface area contributed by atoms with Crippen LogP contribution in [-0.4, -0.2) is 42.3 Å². The lowest BCUT2D eigenvalue weighted by Crippen LogP contribution is -2.43. The molecule has 0 saturated heterocycles. The molecule has 1 amide bonds. The summed E-state index contributed by atoms with van der Waals surface area (Å²) in [4.78, 5) is 17.9. The Morgan fingerprint density at radius 3 is 2.03 bits per heavy atom. The van der Waals surface area contributed by atoms with Crippen LogP contribution in [0.5, 0.6) is 0 Å². The second kappa shape index (κ2) is 9.30. The van der Waals surface area contributed by atoms with Crippen LogP contribution in [0, 0.1) is 0 Å². The zero-order chi connectivity index (χ0) is 27.4. The number of alkyl halides is 9. The SMILES string of the molecule is CC(C)OC(=O)NC1=C2C(C(F)(F)F)=NC(C(F)(F)F)=NC2NN1c1c(Cl)cc(C(F)(F)F)cc1Cl. The van der Waals surface area contributed by atoms with Crippen LogP contribution in [0.25, 0.3) is 0 Å². The van der Waals surface area contributed by atoms with Gasteiger partial charge in [-0.05, 0) is 26.0 Å². The molecule has 0 aromatic heterocycles. The van der Waals surface area contributed by atoms with E-state index < -0.39 is 81.1 Å². The molecule has 0 radical (unpaired) electrons. The summed E-state index contributed by atoms with van der Waals surface area (Å²) in [6, 6.07) is 0.759. The number of anilines is 1. The van der Waals surface area contributed by atoms with E-state index in [0.717, 1.165) is 0 Å². The fraction of sp³-hybridized carbons (Fsp3) is 0.389. The summed E-state index contributed by atoms with van der Waals surface area (Å²) in [6.45, 7) is 2.77. The van der Waals surface area contributed by atoms with E-state index in [1.165, 1.54) is 13.8 Å². The van der Waals surface area contributed by atoms with E-state index in [1.807, 2.05) is 5.32 Å². The number of aliphatic imine (C=N–C) groups is 2. The van der Waals surface area contributed by atoms with Crippen molar-refractivity contribution < 1.29 is 49.0 Å². The molecular formula is C18H12Cl2F9N5O2. The van der Waals surface area contributed by atoms with Crippen molar-refractivity contribution in [2.45, 2.75) is 44.6 Å². The van der Waals surface area contributed by atoms with Crippen molar-refractivity contribution in [1.82, 2.24) is 10.7 Å². The maximum Gasteiger partial charge on any atom is 0.451 e. The van der Waals surface area contributed by atoms with Gasteiger partial charge in [0.05, 0.1) is 33.0 Å². The monoisotopic (exact) mass is 571 g/mol. The molecule has 18 heteroatoms. The highest BCUT2D eigenvalue weighted by molar-refractivity contribution is 6.39. The van der Waals surface area contributed by atoms with Crippen LogP contribution in [0.1, 0.15) is 19.4 Å². The Balaban J connectivity index is 2.25. The van der Waals surface area contributed by atoms with Crippen molar-refractivity contribution in [3.63, 3.8) is 0 Å². The van der Waals surface area contributed by atoms with E-state index in [0.29, 0.717) is 17.1 Å². The van der Waals surface area contributed by atoms with Crippen LogP contribution >= 0.6 is 23.2 Å². The van der Waals surface area contributed by atoms with Crippen molar-refractivity contribution in [2.75, 3.05) is 5.01 Å². The second-order valence-corrected chi connectivity index (χ2v) is 8.22. The Morgan fingerprint density at radius 1 is 1.03 bits per heavy atom. The topological polar surface area (TPSA) is 78.3 Å². The maximum absolute atomic E-state index is 13.8. The number of ether oxygens (including phenoxy) is 1. The lowest BCUT2D eigenvalue weighted by molar-refractivity contribution is -0.137. The highest BCUT2D eigenvalue weighted by atomic mass is 35.5. The van der Waals surface area contributed by atoms with Crippen molar-refractivity contribution in [3.8, 4) is 0 Å². The smallest absolute Gasteiger partial charge is 0.447 e. The molecule has 1 atom stereocenters. The molecule has 1 aromatic carbocycles. The van der Waals surface area contributed by atoms with Gasteiger partial charge in [-0.3, -0.25) is 10.3 Å². The summed E-state index contributed by atoms with van der Waals surface area (Å²) in [5, 5.41) is 0.844. The van der Waals surface area contributed by atoms with Gasteiger partial charge >= 0.3 is 24.6 Å². The summed E-state index contributed by atoms with van der Waals surface area (Å²) >= 11 is 11.9. The lowest BCUT2D eigenvalue weighted by Gasteiger charge is -2.26. The molecular weight excluding hydrogens is 560 g/mol. The number of alkyl carbamates (subject to hydrolysis) is 1. The maximum atomic E-state index is 13.8. The van der Waals surface area contributed by atoms with Gasteiger partial charge in [0.1, 0.15) is 5.82 Å². The molecule has 36 heavy (non-hydrogen) atoms. The first kappa shape index (κ1) is 27.9. The fourth-order valence-electron chi connectivity index (χ4n) is 3.09. The Bertz CT molecular complexity index is 1150. The molecule has 2 N–H and O–H groups in total. The molecule has 3 rings (SSSR count). The average molecular weight is 572 g/mol. The summed E-state index contributed by atoms with van der Waals surface area (Å²) in [5.41, 5.74) is -2.99. The Labute approximate surface area is 205 Å². The number of carbonyl (C=O) groups excluding carboxylic acids is 1. The number of benzene rings is 1. The van der Waals surface area contributed by atoms with Gasteiger partial charge in [-0.15, -0.1) is 0 Å². The van der Waals surface area contributed by atoms with Crippen LogP contribution in [0.15, 0.2) is 33.5 Å². The molecule has 1 unspecified atom stereocenters. The number of nitrogens with one attached hydrogen (secondary N) is 2. The van der Waals surface area contributed by atoms with Gasteiger partial charge in [-0.25, -0.2) is 14.8 Å². The molecule has 0 aliphatic carbocycles. The van der Waals surface area contributed by atoms with Gasteiger partial charge in [-0.2, -0.15) is 44.9 Å². The van der Waals surface area contributed by atoms with Gasteiger partial charge < -0.3 is 4.74 Å². The number of carbonyl (C=O) groups is 1. The Morgan fingerprint density at radius 2 is 1.58 bits per heavy atom. The quantitative estimate of drug-likeness (QED) is 0.437. The van der Waals surface area contributed by atoms with E-state index in [1.54, 1.807) is 0 Å². The van der Waals surface area contributed by atoms with Crippen LogP contribution in [-0.2, 0) is 10.9 Å². The third-order valence-corrected chi connectivity index (χ3v) is 4.96. The minimum Gasteiger partial charge on any atom is -0.447 e. The predicted octanol–water partition coefficient (Wildman–Crippen LogP) is 5.99. The van der Waals surface area contributed by atoms with Crippen LogP contribution in [0.2, 0.25) is 10.0 Å². The molecule has 2 heterocycles. The summed E-state index contributed by atoms with van der Waals surface area (Å²) in [6.07, 6.45) is -20.1. The van der Waals surface area contributed by atoms with Crippen LogP contribution in [0.3, 0.4) is 0 Å². The van der Waals surface area contributed by atoms with E-state index in [2.05, 4.69) is 15.4 Å². The van der Waals surface area contributed by atoms with Crippen molar-refractivity contribution >= 4 is 46.5 Å². The van der Waals surface area contributed by atoms with E-state index in [9.17, 15) is 44.3 Å². The third-order valence-electron chi connectivity index (χ3n) is 4.38. The van der Waals surface area contributed by atoms with Gasteiger partial charge in [0.2, 0.25) is 5.84 Å². The molecule has 0 bridgehead atoms. The zero-order valence-corrected chi connectivity index (χ0v) is 19.1. The molecule has 0 saturated carbocycles. The second-order valence-electron chi connectivity index (χ2n) is 7.40. The molecule has 1 aromatic rings. The number of halogens is 11. The lowest BCUT2D eigenvalue weighted by atomic mass is 10.1. The number of amides is 1. The number of nitrogens with zero attached hydrogens (tertiary/aromatic N) is 3. The molecule has 7 nitrogen and oxygen atoms in total. The number of fused-ring (bicyclic) bond motifs is 1. The summed E-state index contributed by atoms with van der Waals surface area (Å²) < 4.78 is 125. The summed E-state index contributed by atoms with van der Waals surface area (Å²) in [7, 11) is 0. The van der Waals surface area contributed by atoms with Crippen molar-refractivity contribution in [1.29, 1.82) is 0 Å². The third kappa shape index (κ3) is 5.64. The molecule has 2 aliphatic rings. The predicted molar refractivity (Wildman–Crippen MR) is 110 cm³/mol. The minimum absolute atomic E-state index is 0.379. The largest absolute Gasteiger partial charge is 0.451 e. The Kier molecular flexibility index (Phi) is 7.20. The number of hydrazine groups is 1. The normalized spacial score (nSPS) is 18.8. The van der Waals surface area contributed by atoms with E-state index in [-0.39, 0.29) is 0 Å². The number of hydrogen-bond donors (Lipinski definition) is 2. The first-order chi connectivity index (χ1) is 16.3. The standard InChI is InChI=1S/C18H12Cl2F9N5O2/c1-5(2)36-15(35)32-13-9-11(17(24,25)26)30-14(18(27,28)29)31-12(9)33-34(13)10-7(19)3-6(4-8(10)20)16(21,22)23/h3-5,12,33H,1-2H3,(H,32,35). The van der Waals surface area contributed by atoms with Gasteiger partial charge in [0.25, 0.3) is 0 Å². The molecule has 2 aliphatic heterocycles. The van der Waals surface area contributed by atoms with Crippen LogP contribution in [0.4, 0.5) is 50.0 Å². The summed E-state index contributed by atoms with van der Waals surface area (Å²) in [5.74, 6) is -3.07. The fourth-order valence-corrected chi connectivity index (χ4v) is 3.75. The Hall–Kier alpha value is -2.72. The van der Waals surface area contributed by atoms with Gasteiger partial charge in [-0.1, -0.05) is 23.2 Å². The molecule has 0 fully saturated rings. The van der Waals surface area contributed by atoms with Gasteiger partial charge in [0.15, 0.2) is 11.9 Å². The highest BCUT2D eigenvalue weighted by Crippen LogP contribution is 2.44. The van der Waals surface area contributed by atoms with Crippen LogP contribution < -0.4 is 15.8 Å². The highest BCUT2D eigenvalue weighted by Gasteiger charge is 2.52. The van der Waals surface area contributed by atoms with E-state index in [4.69, 9.17) is 27.9 Å². The minimum atomic E-state index is -5.49. The average Bonchev–Trinajstić information content (AvgIpc) is 3.01. The van der Waals surface area contributed by atoms with Crippen molar-refractivity contribution in [2.24, 2.45) is 9.98 Å². The zero-order valence-electron chi connectivity index (χ0n) is 17.6. The van der Waals surface area contributed by atoms with Crippen molar-refractivity contribution in [3.05, 3.63) is 39.1 Å². The van der Waals surface area contributed by atoms with E-state index >= 15 is 0 Å². The first-order valence-corrected chi connectivity index (χ1v) is 10.2. The number of amidine groups is 1. The number of rotatable bonds is 3. The van der Waals surface area contributed by atoms with Gasteiger partial charge in [0, 0.05) is 0 Å².